The zero-order chi connectivity index (χ0) is 12.7. The van der Waals surface area contributed by atoms with Crippen LogP contribution >= 0.6 is 0 Å². The van der Waals surface area contributed by atoms with Crippen molar-refractivity contribution in [2.24, 2.45) is 5.73 Å². The van der Waals surface area contributed by atoms with Gasteiger partial charge in [0.1, 0.15) is 6.29 Å². The molecule has 0 bridgehead atoms. The molecule has 0 aromatic heterocycles. The Labute approximate surface area is 98.8 Å². The van der Waals surface area contributed by atoms with Gasteiger partial charge in [-0.05, 0) is 17.2 Å². The van der Waals surface area contributed by atoms with Gasteiger partial charge in [-0.2, -0.15) is 0 Å². The normalized spacial score (nSPS) is 10.1. The molecule has 0 heterocycles. The van der Waals surface area contributed by atoms with Crippen molar-refractivity contribution in [1.82, 2.24) is 5.32 Å². The Morgan fingerprint density at radius 2 is 2.00 bits per heavy atom. The highest BCUT2D eigenvalue weighted by Crippen LogP contribution is 2.06. The zero-order valence-electron chi connectivity index (χ0n) is 9.14. The third-order valence-electron chi connectivity index (χ3n) is 1.98. The highest BCUT2D eigenvalue weighted by atomic mass is 16.1. The lowest BCUT2D eigenvalue weighted by Gasteiger charge is -1.98. The van der Waals surface area contributed by atoms with Crippen LogP contribution in [-0.4, -0.2) is 18.2 Å². The molecule has 5 heteroatoms. The van der Waals surface area contributed by atoms with Gasteiger partial charge in [0.05, 0.1) is 0 Å². The minimum atomic E-state index is -0.450. The van der Waals surface area contributed by atoms with Crippen LogP contribution in [0, 0.1) is 5.41 Å². The van der Waals surface area contributed by atoms with Gasteiger partial charge in [-0.25, -0.2) is 0 Å². The van der Waals surface area contributed by atoms with Crippen molar-refractivity contribution in [3.8, 4) is 0 Å². The average Bonchev–Trinajstić information content (AvgIpc) is 2.28. The molecule has 88 valence electrons. The molecule has 4 N–H and O–H groups in total. The summed E-state index contributed by atoms with van der Waals surface area (Å²) < 4.78 is 0. The van der Waals surface area contributed by atoms with E-state index in [1.165, 1.54) is 6.08 Å². The van der Waals surface area contributed by atoms with Gasteiger partial charge in [-0.15, -0.1) is 0 Å². The first-order chi connectivity index (χ1) is 8.11. The Morgan fingerprint density at radius 1 is 1.35 bits per heavy atom. The summed E-state index contributed by atoms with van der Waals surface area (Å²) in [5.74, 6) is -0.838. The Bertz CT molecular complexity index is 449. The molecule has 0 unspecified atom stereocenters. The topological polar surface area (TPSA) is 96.0 Å². The van der Waals surface area contributed by atoms with Gasteiger partial charge in [0.2, 0.25) is 0 Å². The number of nitrogens with one attached hydrogen (secondary N) is 2. The Kier molecular flexibility index (Phi) is 4.62. The highest BCUT2D eigenvalue weighted by molar-refractivity contribution is 6.02. The number of amides is 1. The Morgan fingerprint density at radius 3 is 2.53 bits per heavy atom. The van der Waals surface area contributed by atoms with E-state index in [-0.39, 0.29) is 5.96 Å². The summed E-state index contributed by atoms with van der Waals surface area (Å²) in [5.41, 5.74) is 6.75. The van der Waals surface area contributed by atoms with Crippen molar-refractivity contribution >= 4 is 24.2 Å². The van der Waals surface area contributed by atoms with Crippen molar-refractivity contribution in [1.29, 1.82) is 5.41 Å². The molecule has 1 rings (SSSR count). The minimum absolute atomic E-state index is 0.384. The van der Waals surface area contributed by atoms with E-state index in [1.54, 1.807) is 18.2 Å². The smallest absolute Gasteiger partial charge is 0.250 e. The second-order valence-corrected chi connectivity index (χ2v) is 3.35. The second kappa shape index (κ2) is 6.22. The van der Waals surface area contributed by atoms with Crippen LogP contribution in [-0.2, 0) is 16.0 Å². The average molecular weight is 231 g/mol. The van der Waals surface area contributed by atoms with Crippen LogP contribution in [0.25, 0.3) is 6.08 Å². The SMILES string of the molecule is N=C(N)NC(=O)/C=C/c1ccc(CC=O)cc1. The van der Waals surface area contributed by atoms with Crippen LogP contribution in [0.3, 0.4) is 0 Å². The molecule has 5 nitrogen and oxygen atoms in total. The first kappa shape index (κ1) is 12.6. The van der Waals surface area contributed by atoms with E-state index in [2.05, 4.69) is 5.32 Å². The van der Waals surface area contributed by atoms with Gasteiger partial charge in [0.25, 0.3) is 5.91 Å². The van der Waals surface area contributed by atoms with E-state index in [1.807, 2.05) is 12.1 Å². The van der Waals surface area contributed by atoms with E-state index in [0.717, 1.165) is 17.4 Å². The van der Waals surface area contributed by atoms with Gasteiger partial charge in [0.15, 0.2) is 5.96 Å². The van der Waals surface area contributed by atoms with Crippen LogP contribution in [0.5, 0.6) is 0 Å². The third-order valence-corrected chi connectivity index (χ3v) is 1.98. The summed E-state index contributed by atoms with van der Waals surface area (Å²) >= 11 is 0. The minimum Gasteiger partial charge on any atom is -0.370 e. The fourth-order valence-corrected chi connectivity index (χ4v) is 1.21. The maximum absolute atomic E-state index is 11.1. The van der Waals surface area contributed by atoms with Gasteiger partial charge in [-0.3, -0.25) is 15.5 Å². The number of hydrogen-bond donors (Lipinski definition) is 3. The van der Waals surface area contributed by atoms with Crippen LogP contribution in [0.1, 0.15) is 11.1 Å². The summed E-state index contributed by atoms with van der Waals surface area (Å²) in [6.07, 6.45) is 4.11. The molecular formula is C12H13N3O2. The Balaban J connectivity index is 2.62. The number of carbonyl (C=O) groups excluding carboxylic acids is 2. The summed E-state index contributed by atoms with van der Waals surface area (Å²) in [5, 5.41) is 8.99. The quantitative estimate of drug-likeness (QED) is 0.304. The fraction of sp³-hybridized carbons (Fsp3) is 0.0833. The lowest BCUT2D eigenvalue weighted by Crippen LogP contribution is -2.34. The van der Waals surface area contributed by atoms with Crippen molar-refractivity contribution < 1.29 is 9.59 Å². The van der Waals surface area contributed by atoms with Crippen LogP contribution in [0.4, 0.5) is 0 Å². The van der Waals surface area contributed by atoms with E-state index in [4.69, 9.17) is 11.1 Å². The molecule has 1 aromatic rings. The van der Waals surface area contributed by atoms with Crippen molar-refractivity contribution in [2.75, 3.05) is 0 Å². The number of guanidine groups is 1. The van der Waals surface area contributed by atoms with E-state index >= 15 is 0 Å². The van der Waals surface area contributed by atoms with Crippen molar-refractivity contribution in [3.05, 3.63) is 41.5 Å². The van der Waals surface area contributed by atoms with Crippen molar-refractivity contribution in [2.45, 2.75) is 6.42 Å². The predicted octanol–water partition coefficient (Wildman–Crippen LogP) is 0.451. The molecule has 0 aliphatic carbocycles. The third kappa shape index (κ3) is 4.74. The molecule has 0 spiro atoms. The van der Waals surface area contributed by atoms with Crippen LogP contribution in [0.2, 0.25) is 0 Å². The van der Waals surface area contributed by atoms with Gasteiger partial charge >= 0.3 is 0 Å². The zero-order valence-corrected chi connectivity index (χ0v) is 9.14. The molecule has 0 fully saturated rings. The van der Waals surface area contributed by atoms with Gasteiger partial charge < -0.3 is 10.5 Å². The fourth-order valence-electron chi connectivity index (χ4n) is 1.21. The lowest BCUT2D eigenvalue weighted by molar-refractivity contribution is -0.115. The molecule has 0 saturated heterocycles. The predicted molar refractivity (Wildman–Crippen MR) is 65.3 cm³/mol. The van der Waals surface area contributed by atoms with Crippen LogP contribution in [0.15, 0.2) is 30.3 Å². The molecule has 0 aliphatic heterocycles. The van der Waals surface area contributed by atoms with E-state index in [9.17, 15) is 9.59 Å². The summed E-state index contributed by atoms with van der Waals surface area (Å²) in [7, 11) is 0. The second-order valence-electron chi connectivity index (χ2n) is 3.35. The maximum Gasteiger partial charge on any atom is 0.250 e. The van der Waals surface area contributed by atoms with Crippen LogP contribution < -0.4 is 11.1 Å². The molecule has 1 aromatic carbocycles. The molecule has 0 saturated carbocycles. The number of rotatable bonds is 4. The van der Waals surface area contributed by atoms with Crippen molar-refractivity contribution in [3.63, 3.8) is 0 Å². The largest absolute Gasteiger partial charge is 0.370 e. The molecule has 0 radical (unpaired) electrons. The lowest BCUT2D eigenvalue weighted by atomic mass is 10.1. The van der Waals surface area contributed by atoms with Gasteiger partial charge in [-0.1, -0.05) is 24.3 Å². The number of benzene rings is 1. The Hall–Kier alpha value is -2.43. The number of nitrogens with two attached hydrogens (primary N) is 1. The summed E-state index contributed by atoms with van der Waals surface area (Å²) in [6, 6.07) is 7.24. The van der Waals surface area contributed by atoms with Gasteiger partial charge in [0, 0.05) is 12.5 Å². The molecule has 17 heavy (non-hydrogen) atoms. The number of carbonyl (C=O) groups is 2. The van der Waals surface area contributed by atoms with E-state index < -0.39 is 5.91 Å². The summed E-state index contributed by atoms with van der Waals surface area (Å²) in [6.45, 7) is 0. The molecule has 0 atom stereocenters. The number of hydrogen-bond acceptors (Lipinski definition) is 3. The maximum atomic E-state index is 11.1. The summed E-state index contributed by atoms with van der Waals surface area (Å²) in [4.78, 5) is 21.4. The standard InChI is InChI=1S/C12H13N3O2/c13-12(14)15-11(17)6-5-9-1-3-10(4-2-9)7-8-16/h1-6,8H,7H2,(H4,13,14,15,17)/b6-5+. The first-order valence-corrected chi connectivity index (χ1v) is 4.97. The molecular weight excluding hydrogens is 218 g/mol. The van der Waals surface area contributed by atoms with E-state index in [0.29, 0.717) is 6.42 Å². The first-order valence-electron chi connectivity index (χ1n) is 4.97. The monoisotopic (exact) mass is 231 g/mol. The molecule has 0 aliphatic rings. The molecule has 1 amide bonds. The number of aldehydes is 1. The highest BCUT2D eigenvalue weighted by Gasteiger charge is 1.96.